The second-order valence-electron chi connectivity index (χ2n) is 5.81. The van der Waals surface area contributed by atoms with Gasteiger partial charge in [-0.3, -0.25) is 9.78 Å². The van der Waals surface area contributed by atoms with E-state index in [2.05, 4.69) is 27.8 Å². The van der Waals surface area contributed by atoms with Gasteiger partial charge in [0.1, 0.15) is 0 Å². The minimum atomic E-state index is 0.130. The number of rotatable bonds is 2. The van der Waals surface area contributed by atoms with Gasteiger partial charge in [0.15, 0.2) is 0 Å². The van der Waals surface area contributed by atoms with E-state index in [1.807, 2.05) is 42.2 Å². The van der Waals surface area contributed by atoms with Gasteiger partial charge in [-0.15, -0.1) is 0 Å². The summed E-state index contributed by atoms with van der Waals surface area (Å²) in [6.45, 7) is 5.00. The van der Waals surface area contributed by atoms with Crippen molar-refractivity contribution >= 4 is 32.7 Å². The SMILES string of the molecule is Cc1cc(C(=O)N2CCC(C)C2CBr)c2ccccc2n1. The van der Waals surface area contributed by atoms with Gasteiger partial charge in [0.05, 0.1) is 11.1 Å². The number of benzene rings is 1. The molecule has 0 N–H and O–H groups in total. The van der Waals surface area contributed by atoms with Gasteiger partial charge in [0.2, 0.25) is 0 Å². The van der Waals surface area contributed by atoms with Gasteiger partial charge in [0.25, 0.3) is 5.91 Å². The number of fused-ring (bicyclic) bond motifs is 1. The number of aromatic nitrogens is 1. The van der Waals surface area contributed by atoms with E-state index in [9.17, 15) is 4.79 Å². The van der Waals surface area contributed by atoms with Crippen LogP contribution in [0.1, 0.15) is 29.4 Å². The van der Waals surface area contributed by atoms with E-state index in [1.54, 1.807) is 0 Å². The van der Waals surface area contributed by atoms with E-state index >= 15 is 0 Å². The molecule has 1 aliphatic rings. The normalized spacial score (nSPS) is 22.0. The molecular formula is C17H19BrN2O. The first kappa shape index (κ1) is 14.5. The van der Waals surface area contributed by atoms with Crippen molar-refractivity contribution in [3.05, 3.63) is 41.6 Å². The number of halogens is 1. The molecule has 1 saturated heterocycles. The van der Waals surface area contributed by atoms with E-state index in [0.29, 0.717) is 5.92 Å². The van der Waals surface area contributed by atoms with Crippen LogP contribution in [0.5, 0.6) is 0 Å². The van der Waals surface area contributed by atoms with Gasteiger partial charge in [-0.2, -0.15) is 0 Å². The molecule has 0 bridgehead atoms. The number of alkyl halides is 1. The minimum absolute atomic E-state index is 0.130. The molecule has 2 heterocycles. The summed E-state index contributed by atoms with van der Waals surface area (Å²) in [5.74, 6) is 0.674. The molecule has 0 aliphatic carbocycles. The summed E-state index contributed by atoms with van der Waals surface area (Å²) < 4.78 is 0. The molecule has 1 aromatic heterocycles. The van der Waals surface area contributed by atoms with Crippen LogP contribution in [0.25, 0.3) is 10.9 Å². The van der Waals surface area contributed by atoms with Gasteiger partial charge in [-0.25, -0.2) is 0 Å². The number of hydrogen-bond acceptors (Lipinski definition) is 2. The number of hydrogen-bond donors (Lipinski definition) is 0. The Kier molecular flexibility index (Phi) is 3.98. The fourth-order valence-electron chi connectivity index (χ4n) is 3.14. The van der Waals surface area contributed by atoms with Crippen molar-refractivity contribution in [3.63, 3.8) is 0 Å². The summed E-state index contributed by atoms with van der Waals surface area (Å²) in [5, 5.41) is 1.78. The van der Waals surface area contributed by atoms with Gasteiger partial charge in [-0.05, 0) is 31.4 Å². The number of nitrogens with zero attached hydrogens (tertiary/aromatic N) is 2. The topological polar surface area (TPSA) is 33.2 Å². The number of likely N-dealkylation sites (tertiary alicyclic amines) is 1. The van der Waals surface area contributed by atoms with Crippen LogP contribution >= 0.6 is 15.9 Å². The van der Waals surface area contributed by atoms with Crippen molar-refractivity contribution in [3.8, 4) is 0 Å². The molecule has 0 saturated carbocycles. The Balaban J connectivity index is 2.06. The fourth-order valence-corrected chi connectivity index (χ4v) is 4.12. The second-order valence-corrected chi connectivity index (χ2v) is 6.46. The second kappa shape index (κ2) is 5.76. The lowest BCUT2D eigenvalue weighted by atomic mass is 10.0. The van der Waals surface area contributed by atoms with Crippen molar-refractivity contribution in [2.45, 2.75) is 26.3 Å². The molecule has 0 spiro atoms. The molecule has 2 aromatic rings. The third-order valence-corrected chi connectivity index (χ3v) is 5.04. The van der Waals surface area contributed by atoms with Crippen LogP contribution in [0.2, 0.25) is 0 Å². The summed E-state index contributed by atoms with van der Waals surface area (Å²) in [6.07, 6.45) is 1.07. The Hall–Kier alpha value is -1.42. The highest BCUT2D eigenvalue weighted by Gasteiger charge is 2.34. The number of carbonyl (C=O) groups excluding carboxylic acids is 1. The maximum absolute atomic E-state index is 13.0. The summed E-state index contributed by atoms with van der Waals surface area (Å²) >= 11 is 3.56. The third-order valence-electron chi connectivity index (χ3n) is 4.38. The van der Waals surface area contributed by atoms with E-state index in [-0.39, 0.29) is 11.9 Å². The minimum Gasteiger partial charge on any atom is -0.335 e. The molecule has 2 atom stereocenters. The zero-order chi connectivity index (χ0) is 15.0. The van der Waals surface area contributed by atoms with Gasteiger partial charge >= 0.3 is 0 Å². The maximum atomic E-state index is 13.0. The Morgan fingerprint density at radius 3 is 2.95 bits per heavy atom. The highest BCUT2D eigenvalue weighted by atomic mass is 79.9. The average Bonchev–Trinajstić information content (AvgIpc) is 2.86. The van der Waals surface area contributed by atoms with Crippen molar-refractivity contribution in [1.82, 2.24) is 9.88 Å². The Labute approximate surface area is 133 Å². The fraction of sp³-hybridized carbons (Fsp3) is 0.412. The Bertz CT molecular complexity index is 686. The summed E-state index contributed by atoms with van der Waals surface area (Å²) in [7, 11) is 0. The predicted molar refractivity (Wildman–Crippen MR) is 88.9 cm³/mol. The lowest BCUT2D eigenvalue weighted by Crippen LogP contribution is -2.38. The molecule has 1 aliphatic heterocycles. The third kappa shape index (κ3) is 2.57. The molecule has 21 heavy (non-hydrogen) atoms. The van der Waals surface area contributed by atoms with Crippen LogP contribution in [-0.2, 0) is 0 Å². The first-order valence-electron chi connectivity index (χ1n) is 7.35. The monoisotopic (exact) mass is 346 g/mol. The van der Waals surface area contributed by atoms with Gasteiger partial charge in [0, 0.05) is 29.0 Å². The van der Waals surface area contributed by atoms with Crippen LogP contribution < -0.4 is 0 Å². The molecule has 2 unspecified atom stereocenters. The zero-order valence-corrected chi connectivity index (χ0v) is 13.9. The summed E-state index contributed by atoms with van der Waals surface area (Å²) in [4.78, 5) is 19.5. The molecule has 3 nitrogen and oxygen atoms in total. The van der Waals surface area contributed by atoms with Crippen LogP contribution in [-0.4, -0.2) is 33.7 Å². The summed E-state index contributed by atoms with van der Waals surface area (Å²) in [5.41, 5.74) is 2.56. The molecule has 3 rings (SSSR count). The highest BCUT2D eigenvalue weighted by molar-refractivity contribution is 9.09. The van der Waals surface area contributed by atoms with E-state index in [0.717, 1.165) is 40.5 Å². The number of pyridine rings is 1. The quantitative estimate of drug-likeness (QED) is 0.775. The van der Waals surface area contributed by atoms with E-state index in [4.69, 9.17) is 0 Å². The Morgan fingerprint density at radius 2 is 2.19 bits per heavy atom. The zero-order valence-electron chi connectivity index (χ0n) is 12.3. The first-order valence-corrected chi connectivity index (χ1v) is 8.47. The van der Waals surface area contributed by atoms with Crippen LogP contribution in [0.4, 0.5) is 0 Å². The van der Waals surface area contributed by atoms with Crippen LogP contribution in [0.3, 0.4) is 0 Å². The number of aryl methyl sites for hydroxylation is 1. The van der Waals surface area contributed by atoms with Crippen molar-refractivity contribution < 1.29 is 4.79 Å². The number of amides is 1. The molecule has 110 valence electrons. The predicted octanol–water partition coefficient (Wildman–Crippen LogP) is 3.79. The Morgan fingerprint density at radius 1 is 1.43 bits per heavy atom. The number of carbonyl (C=O) groups is 1. The van der Waals surface area contributed by atoms with Crippen molar-refractivity contribution in [2.24, 2.45) is 5.92 Å². The number of para-hydroxylation sites is 1. The lowest BCUT2D eigenvalue weighted by molar-refractivity contribution is 0.0740. The molecule has 4 heteroatoms. The lowest BCUT2D eigenvalue weighted by Gasteiger charge is -2.26. The average molecular weight is 347 g/mol. The largest absolute Gasteiger partial charge is 0.335 e. The standard InChI is InChI=1S/C17H19BrN2O/c1-11-7-8-20(16(11)10-18)17(21)14-9-12(2)19-15-6-4-3-5-13(14)15/h3-6,9,11,16H,7-8,10H2,1-2H3. The molecule has 0 radical (unpaired) electrons. The van der Waals surface area contributed by atoms with E-state index < -0.39 is 0 Å². The smallest absolute Gasteiger partial charge is 0.254 e. The van der Waals surface area contributed by atoms with Crippen molar-refractivity contribution in [2.75, 3.05) is 11.9 Å². The maximum Gasteiger partial charge on any atom is 0.254 e. The molecule has 1 amide bonds. The van der Waals surface area contributed by atoms with Gasteiger partial charge in [-0.1, -0.05) is 41.1 Å². The van der Waals surface area contributed by atoms with E-state index in [1.165, 1.54) is 0 Å². The first-order chi connectivity index (χ1) is 10.1. The van der Waals surface area contributed by atoms with Crippen molar-refractivity contribution in [1.29, 1.82) is 0 Å². The molecular weight excluding hydrogens is 328 g/mol. The van der Waals surface area contributed by atoms with Gasteiger partial charge < -0.3 is 4.90 Å². The summed E-state index contributed by atoms with van der Waals surface area (Å²) in [6, 6.07) is 10.1. The van der Waals surface area contributed by atoms with Crippen LogP contribution in [0, 0.1) is 12.8 Å². The highest BCUT2D eigenvalue weighted by Crippen LogP contribution is 2.29. The molecule has 1 fully saturated rings. The van der Waals surface area contributed by atoms with Crippen LogP contribution in [0.15, 0.2) is 30.3 Å². The molecule has 1 aromatic carbocycles.